The Balaban J connectivity index is 1.92. The average Bonchev–Trinajstić information content (AvgIpc) is 2.48. The van der Waals surface area contributed by atoms with E-state index in [1.54, 1.807) is 4.31 Å². The molecule has 2 fully saturated rings. The molecule has 6 heteroatoms. The summed E-state index contributed by atoms with van der Waals surface area (Å²) in [5, 5.41) is 0. The van der Waals surface area contributed by atoms with E-state index in [0.29, 0.717) is 31.5 Å². The Bertz CT molecular complexity index is 393. The van der Waals surface area contributed by atoms with Crippen molar-refractivity contribution < 1.29 is 8.42 Å². The first-order valence-corrected chi connectivity index (χ1v) is 9.44. The summed E-state index contributed by atoms with van der Waals surface area (Å²) < 4.78 is 29.4. The maximum Gasteiger partial charge on any atom is 0.279 e. The number of hydrogen-bond donors (Lipinski definition) is 2. The van der Waals surface area contributed by atoms with Gasteiger partial charge in [-0.2, -0.15) is 17.4 Å². The van der Waals surface area contributed by atoms with Crippen LogP contribution in [0.1, 0.15) is 51.9 Å². The third kappa shape index (κ3) is 4.16. The van der Waals surface area contributed by atoms with E-state index < -0.39 is 10.2 Å². The Morgan fingerprint density at radius 1 is 1.20 bits per heavy atom. The smallest absolute Gasteiger partial charge is 0.279 e. The molecule has 0 spiro atoms. The van der Waals surface area contributed by atoms with E-state index in [4.69, 9.17) is 5.73 Å². The van der Waals surface area contributed by atoms with Gasteiger partial charge in [0.15, 0.2) is 0 Å². The maximum atomic E-state index is 12.5. The average molecular weight is 303 g/mol. The lowest BCUT2D eigenvalue weighted by atomic mass is 9.85. The van der Waals surface area contributed by atoms with E-state index in [-0.39, 0.29) is 6.04 Å². The minimum absolute atomic E-state index is 0.0403. The van der Waals surface area contributed by atoms with Gasteiger partial charge in [0.2, 0.25) is 0 Å². The zero-order valence-electron chi connectivity index (χ0n) is 12.6. The number of nitrogens with one attached hydrogen (secondary N) is 1. The first kappa shape index (κ1) is 16.2. The van der Waals surface area contributed by atoms with Crippen molar-refractivity contribution in [3.05, 3.63) is 0 Å². The van der Waals surface area contributed by atoms with Gasteiger partial charge in [-0.15, -0.1) is 0 Å². The van der Waals surface area contributed by atoms with Crippen molar-refractivity contribution in [3.63, 3.8) is 0 Å². The number of piperidine rings is 1. The van der Waals surface area contributed by atoms with E-state index >= 15 is 0 Å². The van der Waals surface area contributed by atoms with E-state index in [1.165, 1.54) is 19.3 Å². The molecule has 0 aromatic heterocycles. The van der Waals surface area contributed by atoms with Crippen LogP contribution in [-0.4, -0.2) is 38.4 Å². The van der Waals surface area contributed by atoms with Crippen LogP contribution in [0, 0.1) is 11.8 Å². The van der Waals surface area contributed by atoms with Crippen molar-refractivity contribution in [2.24, 2.45) is 17.6 Å². The Morgan fingerprint density at radius 3 is 2.55 bits per heavy atom. The summed E-state index contributed by atoms with van der Waals surface area (Å²) in [6, 6.07) is 0.0403. The topological polar surface area (TPSA) is 75.4 Å². The molecule has 118 valence electrons. The predicted octanol–water partition coefficient (Wildman–Crippen LogP) is 1.46. The quantitative estimate of drug-likeness (QED) is 0.807. The van der Waals surface area contributed by atoms with Crippen molar-refractivity contribution in [2.45, 2.75) is 57.9 Å². The maximum absolute atomic E-state index is 12.5. The predicted molar refractivity (Wildman–Crippen MR) is 81.4 cm³/mol. The molecular formula is C14H29N3O2S. The van der Waals surface area contributed by atoms with Gasteiger partial charge in [-0.1, -0.05) is 19.3 Å². The highest BCUT2D eigenvalue weighted by Gasteiger charge is 2.31. The Hall–Kier alpha value is -0.170. The number of hydrogen-bond acceptors (Lipinski definition) is 3. The highest BCUT2D eigenvalue weighted by molar-refractivity contribution is 7.87. The molecule has 1 heterocycles. The summed E-state index contributed by atoms with van der Waals surface area (Å²) in [7, 11) is -3.35. The lowest BCUT2D eigenvalue weighted by Crippen LogP contribution is -2.50. The van der Waals surface area contributed by atoms with Gasteiger partial charge >= 0.3 is 0 Å². The molecule has 1 saturated carbocycles. The van der Waals surface area contributed by atoms with Crippen molar-refractivity contribution in [3.8, 4) is 0 Å². The Labute approximate surface area is 123 Å². The van der Waals surface area contributed by atoms with E-state index in [1.807, 2.05) is 6.92 Å². The molecule has 0 bridgehead atoms. The van der Waals surface area contributed by atoms with Gasteiger partial charge in [0.25, 0.3) is 10.2 Å². The van der Waals surface area contributed by atoms with Gasteiger partial charge < -0.3 is 5.73 Å². The van der Waals surface area contributed by atoms with Crippen molar-refractivity contribution in [1.29, 1.82) is 0 Å². The van der Waals surface area contributed by atoms with E-state index in [2.05, 4.69) is 4.72 Å². The molecular weight excluding hydrogens is 274 g/mol. The normalized spacial score (nSPS) is 28.4. The second-order valence-corrected chi connectivity index (χ2v) is 8.11. The summed E-state index contributed by atoms with van der Waals surface area (Å²) in [5.74, 6) is 0.805. The molecule has 20 heavy (non-hydrogen) atoms. The van der Waals surface area contributed by atoms with Crippen LogP contribution in [0.15, 0.2) is 0 Å². The van der Waals surface area contributed by atoms with Gasteiger partial charge in [-0.05, 0) is 51.0 Å². The zero-order valence-corrected chi connectivity index (χ0v) is 13.4. The highest BCUT2D eigenvalue weighted by atomic mass is 32.2. The molecule has 3 N–H and O–H groups in total. The second kappa shape index (κ2) is 7.20. The highest BCUT2D eigenvalue weighted by Crippen LogP contribution is 2.27. The minimum atomic E-state index is -3.35. The minimum Gasteiger partial charge on any atom is -0.330 e. The Morgan fingerprint density at radius 2 is 1.90 bits per heavy atom. The fourth-order valence-corrected chi connectivity index (χ4v) is 5.07. The summed E-state index contributed by atoms with van der Waals surface area (Å²) >= 11 is 0. The monoisotopic (exact) mass is 303 g/mol. The fraction of sp³-hybridized carbons (Fsp3) is 1.00. The van der Waals surface area contributed by atoms with Crippen LogP contribution in [0.2, 0.25) is 0 Å². The van der Waals surface area contributed by atoms with Gasteiger partial charge in [-0.25, -0.2) is 0 Å². The summed E-state index contributed by atoms with van der Waals surface area (Å²) in [6.45, 7) is 3.79. The van der Waals surface area contributed by atoms with Crippen LogP contribution in [0.3, 0.4) is 0 Å². The molecule has 1 aliphatic carbocycles. The van der Waals surface area contributed by atoms with Crippen LogP contribution in [0.4, 0.5) is 0 Å². The molecule has 5 nitrogen and oxygen atoms in total. The molecule has 1 saturated heterocycles. The third-order valence-corrected chi connectivity index (χ3v) is 6.53. The molecule has 2 aliphatic rings. The second-order valence-electron chi connectivity index (χ2n) is 6.41. The summed E-state index contributed by atoms with van der Waals surface area (Å²) in [4.78, 5) is 0. The number of nitrogens with zero attached hydrogens (tertiary/aromatic N) is 1. The molecule has 2 unspecified atom stereocenters. The number of rotatable bonds is 5. The molecule has 0 amide bonds. The van der Waals surface area contributed by atoms with Gasteiger partial charge in [0, 0.05) is 19.1 Å². The third-order valence-electron chi connectivity index (χ3n) is 4.85. The standard InChI is InChI=1S/C14H29N3O2S/c1-12(14-7-3-2-4-8-14)16-20(18,19)17-9-5-6-13(10-15)11-17/h12-14,16H,2-11,15H2,1H3. The van der Waals surface area contributed by atoms with Crippen molar-refractivity contribution in [1.82, 2.24) is 9.03 Å². The molecule has 2 rings (SSSR count). The van der Waals surface area contributed by atoms with Gasteiger partial charge in [0.05, 0.1) is 0 Å². The van der Waals surface area contributed by atoms with Crippen molar-refractivity contribution in [2.75, 3.05) is 19.6 Å². The SMILES string of the molecule is CC(NS(=O)(=O)N1CCCC(CN)C1)C1CCCCC1. The van der Waals surface area contributed by atoms with E-state index in [9.17, 15) is 8.42 Å². The van der Waals surface area contributed by atoms with Crippen molar-refractivity contribution >= 4 is 10.2 Å². The van der Waals surface area contributed by atoms with Crippen LogP contribution in [0.5, 0.6) is 0 Å². The molecule has 0 aromatic carbocycles. The number of nitrogens with two attached hydrogens (primary N) is 1. The van der Waals surface area contributed by atoms with Gasteiger partial charge in [-0.3, -0.25) is 0 Å². The molecule has 0 radical (unpaired) electrons. The lowest BCUT2D eigenvalue weighted by Gasteiger charge is -2.34. The molecule has 2 atom stereocenters. The molecule has 0 aromatic rings. The van der Waals surface area contributed by atoms with E-state index in [0.717, 1.165) is 25.7 Å². The first-order chi connectivity index (χ1) is 9.53. The Kier molecular flexibility index (Phi) is 5.84. The largest absolute Gasteiger partial charge is 0.330 e. The molecule has 1 aliphatic heterocycles. The van der Waals surface area contributed by atoms with Crippen LogP contribution < -0.4 is 10.5 Å². The fourth-order valence-electron chi connectivity index (χ4n) is 3.48. The van der Waals surface area contributed by atoms with Crippen LogP contribution >= 0.6 is 0 Å². The van der Waals surface area contributed by atoms with Crippen LogP contribution in [-0.2, 0) is 10.2 Å². The lowest BCUT2D eigenvalue weighted by molar-refractivity contribution is 0.258. The zero-order chi connectivity index (χ0) is 14.6. The van der Waals surface area contributed by atoms with Crippen LogP contribution in [0.25, 0.3) is 0 Å². The first-order valence-electron chi connectivity index (χ1n) is 8.00. The van der Waals surface area contributed by atoms with Gasteiger partial charge in [0.1, 0.15) is 0 Å². The summed E-state index contributed by atoms with van der Waals surface area (Å²) in [5.41, 5.74) is 5.69. The summed E-state index contributed by atoms with van der Waals surface area (Å²) in [6.07, 6.45) is 8.01.